The van der Waals surface area contributed by atoms with Gasteiger partial charge in [0.05, 0.1) is 19.4 Å². The summed E-state index contributed by atoms with van der Waals surface area (Å²) in [5.74, 6) is 0. The van der Waals surface area contributed by atoms with Crippen LogP contribution < -0.4 is 0 Å². The number of hydrogen-bond acceptors (Lipinski definition) is 6. The highest BCUT2D eigenvalue weighted by Crippen LogP contribution is 2.53. The van der Waals surface area contributed by atoms with Gasteiger partial charge in [-0.1, -0.05) is 0 Å². The molecule has 0 bridgehead atoms. The van der Waals surface area contributed by atoms with E-state index in [0.717, 1.165) is 0 Å². The van der Waals surface area contributed by atoms with Gasteiger partial charge in [-0.15, -0.1) is 5.11 Å². The van der Waals surface area contributed by atoms with Crippen molar-refractivity contribution < 1.29 is 18.1 Å². The highest BCUT2D eigenvalue weighted by molar-refractivity contribution is 7.48. The molecule has 1 rings (SSSR count). The fourth-order valence-corrected chi connectivity index (χ4v) is 2.40. The lowest BCUT2D eigenvalue weighted by atomic mass is 10.3. The Morgan fingerprint density at radius 2 is 1.93 bits per heavy atom. The zero-order chi connectivity index (χ0) is 11.4. The lowest BCUT2D eigenvalue weighted by Crippen LogP contribution is -2.21. The van der Waals surface area contributed by atoms with Crippen molar-refractivity contribution in [3.63, 3.8) is 0 Å². The minimum absolute atomic E-state index is 0.244. The number of rotatable bonds is 6. The van der Waals surface area contributed by atoms with Gasteiger partial charge in [0.1, 0.15) is 0 Å². The van der Waals surface area contributed by atoms with E-state index in [0.29, 0.717) is 0 Å². The van der Waals surface area contributed by atoms with Crippen LogP contribution in [0.25, 0.3) is 0 Å². The van der Waals surface area contributed by atoms with Crippen molar-refractivity contribution in [1.82, 2.24) is 0 Å². The molecule has 1 unspecified atom stereocenters. The van der Waals surface area contributed by atoms with E-state index in [2.05, 4.69) is 10.2 Å². The smallest absolute Gasteiger partial charge is 0.287 e. The minimum Gasteiger partial charge on any atom is -0.287 e. The van der Waals surface area contributed by atoms with Crippen LogP contribution in [0.2, 0.25) is 0 Å². The fourth-order valence-electron chi connectivity index (χ4n) is 1.03. The molecule has 0 saturated carbocycles. The predicted molar refractivity (Wildman–Crippen MR) is 54.3 cm³/mol. The fraction of sp³-hybridized carbons (Fsp3) is 0.750. The Labute approximate surface area is 88.9 Å². The van der Waals surface area contributed by atoms with E-state index >= 15 is 0 Å². The van der Waals surface area contributed by atoms with E-state index in [-0.39, 0.29) is 13.2 Å². The molecule has 86 valence electrons. The van der Waals surface area contributed by atoms with E-state index in [1.807, 2.05) is 0 Å². The Kier molecular flexibility index (Phi) is 4.16. The van der Waals surface area contributed by atoms with Gasteiger partial charge in [-0.25, -0.2) is 4.57 Å². The molecule has 7 heteroatoms. The Morgan fingerprint density at radius 3 is 2.33 bits per heavy atom. The first-order valence-electron chi connectivity index (χ1n) is 4.73. The normalized spacial score (nSPS) is 25.0. The molecular formula is C8H15N2O4P. The Bertz CT molecular complexity index is 294. The summed E-state index contributed by atoms with van der Waals surface area (Å²) in [5.41, 5.74) is -1.06. The summed E-state index contributed by atoms with van der Waals surface area (Å²) in [6.45, 7) is 5.54. The first kappa shape index (κ1) is 12.5. The Morgan fingerprint density at radius 1 is 1.33 bits per heavy atom. The van der Waals surface area contributed by atoms with Crippen LogP contribution in [-0.2, 0) is 18.1 Å². The summed E-state index contributed by atoms with van der Waals surface area (Å²) in [6, 6.07) is 0. The maximum Gasteiger partial charge on any atom is 0.477 e. The summed E-state index contributed by atoms with van der Waals surface area (Å²) >= 11 is 0. The molecule has 1 aliphatic heterocycles. The van der Waals surface area contributed by atoms with Crippen LogP contribution in [-0.4, -0.2) is 18.9 Å². The second kappa shape index (κ2) is 4.99. The average Bonchev–Trinajstić information content (AvgIpc) is 2.51. The molecule has 0 spiro atoms. The summed E-state index contributed by atoms with van der Waals surface area (Å²) in [6.07, 6.45) is 3.06. The topological polar surface area (TPSA) is 69.5 Å². The van der Waals surface area contributed by atoms with Gasteiger partial charge >= 0.3 is 7.82 Å². The molecule has 0 aromatic rings. The summed E-state index contributed by atoms with van der Waals surface area (Å²) < 4.78 is 27.1. The molecular weight excluding hydrogens is 219 g/mol. The lowest BCUT2D eigenvalue weighted by Gasteiger charge is -2.23. The van der Waals surface area contributed by atoms with E-state index in [1.165, 1.54) is 6.20 Å². The quantitative estimate of drug-likeness (QED) is 0.662. The zero-order valence-electron chi connectivity index (χ0n) is 9.04. The molecule has 6 nitrogen and oxygen atoms in total. The van der Waals surface area contributed by atoms with Gasteiger partial charge < -0.3 is 0 Å². The molecule has 1 heterocycles. The van der Waals surface area contributed by atoms with Crippen molar-refractivity contribution in [2.24, 2.45) is 10.2 Å². The van der Waals surface area contributed by atoms with Gasteiger partial charge in [0.15, 0.2) is 0 Å². The van der Waals surface area contributed by atoms with Gasteiger partial charge in [0, 0.05) is 0 Å². The Balaban J connectivity index is 2.70. The molecule has 15 heavy (non-hydrogen) atoms. The molecule has 0 N–H and O–H groups in total. The molecule has 1 aliphatic rings. The summed E-state index contributed by atoms with van der Waals surface area (Å²) in [4.78, 5) is 0. The third kappa shape index (κ3) is 3.50. The summed E-state index contributed by atoms with van der Waals surface area (Å²) in [5, 5.41) is 7.40. The molecule has 0 aliphatic carbocycles. The summed E-state index contributed by atoms with van der Waals surface area (Å²) in [7, 11) is -3.54. The van der Waals surface area contributed by atoms with Crippen molar-refractivity contribution >= 4 is 7.82 Å². The zero-order valence-corrected chi connectivity index (χ0v) is 9.94. The highest BCUT2D eigenvalue weighted by atomic mass is 31.2. The SMILES string of the molecule is CCOP(=O)(OCC)OC1(C)C=CN=N1. The van der Waals surface area contributed by atoms with E-state index in [4.69, 9.17) is 13.6 Å². The minimum atomic E-state index is -3.54. The third-order valence-corrected chi connectivity index (χ3v) is 3.32. The van der Waals surface area contributed by atoms with Crippen LogP contribution in [0.15, 0.2) is 22.5 Å². The number of azo groups is 1. The van der Waals surface area contributed by atoms with Crippen LogP contribution in [0, 0.1) is 0 Å². The first-order chi connectivity index (χ1) is 7.04. The molecule has 0 aromatic heterocycles. The third-order valence-electron chi connectivity index (χ3n) is 1.58. The molecule has 0 saturated heterocycles. The van der Waals surface area contributed by atoms with E-state index < -0.39 is 13.5 Å². The van der Waals surface area contributed by atoms with Crippen LogP contribution in [0.1, 0.15) is 20.8 Å². The van der Waals surface area contributed by atoms with E-state index in [1.54, 1.807) is 26.8 Å². The van der Waals surface area contributed by atoms with Crippen LogP contribution in [0.3, 0.4) is 0 Å². The van der Waals surface area contributed by atoms with E-state index in [9.17, 15) is 4.57 Å². The Hall–Kier alpha value is -0.550. The first-order valence-corrected chi connectivity index (χ1v) is 6.19. The van der Waals surface area contributed by atoms with Crippen molar-refractivity contribution in [1.29, 1.82) is 0 Å². The van der Waals surface area contributed by atoms with Gasteiger partial charge in [-0.05, 0) is 26.8 Å². The van der Waals surface area contributed by atoms with Gasteiger partial charge in [0.2, 0.25) is 5.72 Å². The average molecular weight is 234 g/mol. The molecule has 0 amide bonds. The maximum atomic E-state index is 12.0. The van der Waals surface area contributed by atoms with Gasteiger partial charge in [-0.2, -0.15) is 5.11 Å². The molecule has 0 fully saturated rings. The number of nitrogens with zero attached hydrogens (tertiary/aromatic N) is 2. The van der Waals surface area contributed by atoms with Crippen LogP contribution in [0.5, 0.6) is 0 Å². The van der Waals surface area contributed by atoms with Crippen molar-refractivity contribution in [3.8, 4) is 0 Å². The van der Waals surface area contributed by atoms with Gasteiger partial charge in [0.25, 0.3) is 0 Å². The second-order valence-corrected chi connectivity index (χ2v) is 4.55. The standard InChI is InChI=1S/C8H15N2O4P/c1-4-12-15(11,13-5-2)14-8(3)6-7-9-10-8/h6-7H,4-5H2,1-3H3. The number of phosphoric ester groups is 1. The van der Waals surface area contributed by atoms with Crippen molar-refractivity contribution in [2.75, 3.05) is 13.2 Å². The largest absolute Gasteiger partial charge is 0.477 e. The van der Waals surface area contributed by atoms with Crippen molar-refractivity contribution in [2.45, 2.75) is 26.5 Å². The lowest BCUT2D eigenvalue weighted by molar-refractivity contribution is 0.0569. The van der Waals surface area contributed by atoms with Crippen LogP contribution in [0.4, 0.5) is 0 Å². The second-order valence-electron chi connectivity index (χ2n) is 2.96. The predicted octanol–water partition coefficient (Wildman–Crippen LogP) is 2.88. The number of hydrogen-bond donors (Lipinski definition) is 0. The number of phosphoric acid groups is 1. The van der Waals surface area contributed by atoms with Crippen molar-refractivity contribution in [3.05, 3.63) is 12.3 Å². The van der Waals surface area contributed by atoms with Crippen LogP contribution >= 0.6 is 7.82 Å². The van der Waals surface area contributed by atoms with Gasteiger partial charge in [-0.3, -0.25) is 13.6 Å². The molecule has 0 radical (unpaired) electrons. The highest BCUT2D eigenvalue weighted by Gasteiger charge is 2.37. The monoisotopic (exact) mass is 234 g/mol. The molecule has 0 aromatic carbocycles. The molecule has 1 atom stereocenters. The maximum absolute atomic E-state index is 12.0.